The lowest BCUT2D eigenvalue weighted by molar-refractivity contribution is -0.134. The van der Waals surface area contributed by atoms with Gasteiger partial charge in [-0.3, -0.25) is 9.59 Å². The number of H-pyrrole nitrogens is 1. The van der Waals surface area contributed by atoms with E-state index in [1.54, 1.807) is 21.9 Å². The minimum absolute atomic E-state index is 0.0107. The van der Waals surface area contributed by atoms with E-state index in [2.05, 4.69) is 15.4 Å². The topological polar surface area (TPSA) is 82.2 Å². The Morgan fingerprint density at radius 3 is 2.69 bits per heavy atom. The predicted molar refractivity (Wildman–Crippen MR) is 92.5 cm³/mol. The largest absolute Gasteiger partial charge is 0.335 e. The Bertz CT molecular complexity index is 760. The van der Waals surface area contributed by atoms with Crippen molar-refractivity contribution in [1.29, 1.82) is 0 Å². The second-order valence-corrected chi connectivity index (χ2v) is 6.82. The Kier molecular flexibility index (Phi) is 5.29. The summed E-state index contributed by atoms with van der Waals surface area (Å²) in [4.78, 5) is 28.8. The maximum absolute atomic E-state index is 13.1. The summed E-state index contributed by atoms with van der Waals surface area (Å²) in [6, 6.07) is 6.02. The Morgan fingerprint density at radius 2 is 2.08 bits per heavy atom. The summed E-state index contributed by atoms with van der Waals surface area (Å²) < 4.78 is 13.1. The molecule has 7 nitrogen and oxygen atoms in total. The number of benzene rings is 1. The van der Waals surface area contributed by atoms with Crippen LogP contribution in [-0.4, -0.2) is 56.2 Å². The molecule has 138 valence electrons. The van der Waals surface area contributed by atoms with E-state index in [4.69, 9.17) is 0 Å². The van der Waals surface area contributed by atoms with Crippen molar-refractivity contribution in [3.63, 3.8) is 0 Å². The first-order valence-electron chi connectivity index (χ1n) is 8.64. The molecule has 1 atom stereocenters. The highest BCUT2D eigenvalue weighted by Gasteiger charge is 2.34. The van der Waals surface area contributed by atoms with E-state index >= 15 is 0 Å². The fourth-order valence-electron chi connectivity index (χ4n) is 3.19. The molecular weight excluding hydrogens is 337 g/mol. The fourth-order valence-corrected chi connectivity index (χ4v) is 3.19. The van der Waals surface area contributed by atoms with Gasteiger partial charge in [0.2, 0.25) is 5.91 Å². The Hall–Kier alpha value is -2.77. The summed E-state index contributed by atoms with van der Waals surface area (Å²) in [6.45, 7) is 5.22. The number of nitrogens with one attached hydrogen (secondary N) is 1. The van der Waals surface area contributed by atoms with Crippen molar-refractivity contribution in [2.75, 3.05) is 13.1 Å². The van der Waals surface area contributed by atoms with Crippen LogP contribution in [0.3, 0.4) is 0 Å². The van der Waals surface area contributed by atoms with Crippen LogP contribution in [0.25, 0.3) is 0 Å². The van der Waals surface area contributed by atoms with Crippen molar-refractivity contribution < 1.29 is 14.0 Å². The van der Waals surface area contributed by atoms with E-state index in [9.17, 15) is 14.0 Å². The standard InChI is InChI=1S/C18H22FN5O2/c1-12(2)16-11-23(18(26)15-9-20-22-21-15)8-7-17(25)24(16)10-13-3-5-14(19)6-4-13/h3-6,9,12,16H,7-8,10-11H2,1-2H3,(H,20,21,22)/t16-/m1/s1. The highest BCUT2D eigenvalue weighted by molar-refractivity contribution is 5.92. The number of amides is 2. The minimum atomic E-state index is -0.305. The molecule has 0 radical (unpaired) electrons. The van der Waals surface area contributed by atoms with Crippen molar-refractivity contribution in [3.8, 4) is 0 Å². The average Bonchev–Trinajstić information content (AvgIpc) is 3.10. The summed E-state index contributed by atoms with van der Waals surface area (Å²) in [6.07, 6.45) is 1.63. The van der Waals surface area contributed by atoms with Gasteiger partial charge >= 0.3 is 0 Å². The molecule has 0 spiro atoms. The van der Waals surface area contributed by atoms with Gasteiger partial charge in [0.15, 0.2) is 5.69 Å². The zero-order valence-corrected chi connectivity index (χ0v) is 14.9. The summed E-state index contributed by atoms with van der Waals surface area (Å²) in [7, 11) is 0. The predicted octanol–water partition coefficient (Wildman–Crippen LogP) is 1.84. The number of hydrogen-bond acceptors (Lipinski definition) is 4. The number of halogens is 1. The molecule has 2 heterocycles. The monoisotopic (exact) mass is 359 g/mol. The molecule has 8 heteroatoms. The molecule has 1 saturated heterocycles. The maximum Gasteiger partial charge on any atom is 0.276 e. The molecule has 1 aromatic heterocycles. The average molecular weight is 359 g/mol. The summed E-state index contributed by atoms with van der Waals surface area (Å²) in [5, 5.41) is 9.96. The van der Waals surface area contributed by atoms with Crippen LogP contribution >= 0.6 is 0 Å². The first kappa shape index (κ1) is 18.0. The van der Waals surface area contributed by atoms with E-state index < -0.39 is 0 Å². The third kappa shape index (κ3) is 3.89. The molecule has 26 heavy (non-hydrogen) atoms. The number of hydrogen-bond donors (Lipinski definition) is 1. The molecule has 2 aromatic rings. The van der Waals surface area contributed by atoms with Gasteiger partial charge in [-0.25, -0.2) is 4.39 Å². The summed E-state index contributed by atoms with van der Waals surface area (Å²) >= 11 is 0. The first-order valence-corrected chi connectivity index (χ1v) is 8.64. The number of aromatic nitrogens is 3. The Labute approximate surface area is 151 Å². The van der Waals surface area contributed by atoms with Crippen LogP contribution in [0, 0.1) is 11.7 Å². The lowest BCUT2D eigenvalue weighted by Crippen LogP contribution is -2.47. The van der Waals surface area contributed by atoms with Gasteiger partial charge in [-0.1, -0.05) is 26.0 Å². The SMILES string of the molecule is CC(C)[C@H]1CN(C(=O)c2cn[nH]n2)CCC(=O)N1Cc1ccc(F)cc1. The van der Waals surface area contributed by atoms with Gasteiger partial charge in [-0.2, -0.15) is 15.4 Å². The van der Waals surface area contributed by atoms with Crippen LogP contribution in [0.15, 0.2) is 30.5 Å². The summed E-state index contributed by atoms with van der Waals surface area (Å²) in [5.41, 5.74) is 1.11. The van der Waals surface area contributed by atoms with Crippen LogP contribution in [0.1, 0.15) is 36.3 Å². The highest BCUT2D eigenvalue weighted by Crippen LogP contribution is 2.22. The smallest absolute Gasteiger partial charge is 0.276 e. The molecule has 1 N–H and O–H groups in total. The third-order valence-electron chi connectivity index (χ3n) is 4.68. The van der Waals surface area contributed by atoms with Gasteiger partial charge in [0.05, 0.1) is 12.2 Å². The molecule has 1 fully saturated rings. The minimum Gasteiger partial charge on any atom is -0.335 e. The lowest BCUT2D eigenvalue weighted by atomic mass is 10.0. The van der Waals surface area contributed by atoms with Gasteiger partial charge in [0.1, 0.15) is 5.82 Å². The van der Waals surface area contributed by atoms with Gasteiger partial charge in [0.25, 0.3) is 5.91 Å². The molecule has 2 amide bonds. The zero-order chi connectivity index (χ0) is 18.7. The molecule has 1 aromatic carbocycles. The maximum atomic E-state index is 13.1. The quantitative estimate of drug-likeness (QED) is 0.903. The highest BCUT2D eigenvalue weighted by atomic mass is 19.1. The molecule has 0 unspecified atom stereocenters. The van der Waals surface area contributed by atoms with E-state index in [1.807, 2.05) is 13.8 Å². The molecule has 1 aliphatic heterocycles. The number of nitrogens with zero attached hydrogens (tertiary/aromatic N) is 4. The number of aromatic amines is 1. The van der Waals surface area contributed by atoms with Crippen LogP contribution < -0.4 is 0 Å². The van der Waals surface area contributed by atoms with Gasteiger partial charge in [-0.05, 0) is 23.6 Å². The van der Waals surface area contributed by atoms with Crippen molar-refractivity contribution in [2.45, 2.75) is 32.9 Å². The lowest BCUT2D eigenvalue weighted by Gasteiger charge is -2.34. The van der Waals surface area contributed by atoms with Crippen LogP contribution in [-0.2, 0) is 11.3 Å². The van der Waals surface area contributed by atoms with Crippen molar-refractivity contribution in [1.82, 2.24) is 25.2 Å². The second-order valence-electron chi connectivity index (χ2n) is 6.82. The van der Waals surface area contributed by atoms with Gasteiger partial charge in [0, 0.05) is 26.1 Å². The van der Waals surface area contributed by atoms with Gasteiger partial charge < -0.3 is 9.80 Å². The second kappa shape index (κ2) is 7.63. The molecular formula is C18H22FN5O2. The van der Waals surface area contributed by atoms with E-state index in [-0.39, 0.29) is 41.7 Å². The Balaban J connectivity index is 1.81. The molecule has 0 bridgehead atoms. The van der Waals surface area contributed by atoms with Gasteiger partial charge in [-0.15, -0.1) is 0 Å². The van der Waals surface area contributed by atoms with Crippen molar-refractivity contribution in [2.24, 2.45) is 5.92 Å². The van der Waals surface area contributed by atoms with E-state index in [0.29, 0.717) is 19.6 Å². The first-order chi connectivity index (χ1) is 12.5. The van der Waals surface area contributed by atoms with E-state index in [0.717, 1.165) is 5.56 Å². The number of rotatable bonds is 4. The van der Waals surface area contributed by atoms with Crippen LogP contribution in [0.5, 0.6) is 0 Å². The van der Waals surface area contributed by atoms with Crippen LogP contribution in [0.2, 0.25) is 0 Å². The van der Waals surface area contributed by atoms with Crippen molar-refractivity contribution in [3.05, 3.63) is 47.5 Å². The van der Waals surface area contributed by atoms with Crippen LogP contribution in [0.4, 0.5) is 4.39 Å². The Morgan fingerprint density at radius 1 is 1.35 bits per heavy atom. The number of carbonyl (C=O) groups is 2. The molecule has 0 saturated carbocycles. The number of carbonyl (C=O) groups excluding carboxylic acids is 2. The molecule has 1 aliphatic rings. The fraction of sp³-hybridized carbons (Fsp3) is 0.444. The normalized spacial score (nSPS) is 18.3. The zero-order valence-electron chi connectivity index (χ0n) is 14.9. The molecule has 0 aliphatic carbocycles. The third-order valence-corrected chi connectivity index (χ3v) is 4.68. The summed E-state index contributed by atoms with van der Waals surface area (Å²) in [5.74, 6) is -0.393. The molecule has 3 rings (SSSR count). The van der Waals surface area contributed by atoms with Crippen molar-refractivity contribution >= 4 is 11.8 Å². The van der Waals surface area contributed by atoms with E-state index in [1.165, 1.54) is 18.3 Å².